The van der Waals surface area contributed by atoms with E-state index in [9.17, 15) is 4.79 Å². The number of amides is 1. The van der Waals surface area contributed by atoms with Gasteiger partial charge in [-0.25, -0.2) is 5.43 Å². The van der Waals surface area contributed by atoms with Crippen molar-refractivity contribution >= 4 is 33.7 Å². The molecule has 0 saturated heterocycles. The SMILES string of the molecule is CCN1c2ccc(/C=N/NC(=O)c3ccccc3Br)cc2C(C)CC1(C)C. The first kappa shape index (κ1) is 19.6. The van der Waals surface area contributed by atoms with Gasteiger partial charge in [0.1, 0.15) is 0 Å². The van der Waals surface area contributed by atoms with E-state index in [1.54, 1.807) is 12.3 Å². The molecule has 0 fully saturated rings. The van der Waals surface area contributed by atoms with Crippen LogP contribution < -0.4 is 10.3 Å². The number of hydrogen-bond donors (Lipinski definition) is 1. The summed E-state index contributed by atoms with van der Waals surface area (Å²) in [6.07, 6.45) is 2.82. The molecule has 1 atom stereocenters. The summed E-state index contributed by atoms with van der Waals surface area (Å²) in [6, 6.07) is 13.7. The lowest BCUT2D eigenvalue weighted by molar-refractivity contribution is 0.0954. The highest BCUT2D eigenvalue weighted by Gasteiger charge is 2.35. The van der Waals surface area contributed by atoms with Crippen molar-refractivity contribution in [3.63, 3.8) is 0 Å². The minimum absolute atomic E-state index is 0.161. The van der Waals surface area contributed by atoms with Gasteiger partial charge in [-0.2, -0.15) is 5.10 Å². The highest BCUT2D eigenvalue weighted by molar-refractivity contribution is 9.10. The van der Waals surface area contributed by atoms with Crippen molar-refractivity contribution in [2.45, 2.75) is 45.6 Å². The third kappa shape index (κ3) is 4.08. The standard InChI is InChI=1S/C22H26BrN3O/c1-5-26-20-11-10-16(12-18(20)15(2)13-22(26,3)4)14-24-25-21(27)17-8-6-7-9-19(17)23/h6-12,14-15H,5,13H2,1-4H3,(H,25,27)/b24-14+. The lowest BCUT2D eigenvalue weighted by atomic mass is 9.79. The fraction of sp³-hybridized carbons (Fsp3) is 0.364. The molecule has 1 unspecified atom stereocenters. The van der Waals surface area contributed by atoms with E-state index in [0.29, 0.717) is 11.5 Å². The van der Waals surface area contributed by atoms with E-state index in [1.807, 2.05) is 18.2 Å². The number of nitrogens with one attached hydrogen (secondary N) is 1. The second kappa shape index (κ2) is 7.85. The van der Waals surface area contributed by atoms with Gasteiger partial charge in [0.25, 0.3) is 5.91 Å². The Morgan fingerprint density at radius 1 is 1.33 bits per heavy atom. The smallest absolute Gasteiger partial charge is 0.272 e. The van der Waals surface area contributed by atoms with Crippen LogP contribution in [0, 0.1) is 0 Å². The minimum atomic E-state index is -0.232. The molecule has 5 heteroatoms. The van der Waals surface area contributed by atoms with Crippen LogP contribution in [0.1, 0.15) is 61.5 Å². The van der Waals surface area contributed by atoms with E-state index in [4.69, 9.17) is 0 Å². The summed E-state index contributed by atoms with van der Waals surface area (Å²) >= 11 is 3.39. The molecule has 0 saturated carbocycles. The maximum absolute atomic E-state index is 12.2. The zero-order chi connectivity index (χ0) is 19.6. The second-order valence-corrected chi connectivity index (χ2v) is 8.51. The average molecular weight is 428 g/mol. The average Bonchev–Trinajstić information content (AvgIpc) is 2.62. The van der Waals surface area contributed by atoms with Gasteiger partial charge in [-0.05, 0) is 84.4 Å². The van der Waals surface area contributed by atoms with E-state index >= 15 is 0 Å². The number of anilines is 1. The van der Waals surface area contributed by atoms with Crippen LogP contribution >= 0.6 is 15.9 Å². The van der Waals surface area contributed by atoms with E-state index in [0.717, 1.165) is 23.0 Å². The Labute approximate surface area is 169 Å². The van der Waals surface area contributed by atoms with Crippen molar-refractivity contribution in [3.05, 3.63) is 63.6 Å². The molecule has 1 aliphatic rings. The number of carbonyl (C=O) groups is 1. The number of benzene rings is 2. The first-order chi connectivity index (χ1) is 12.8. The molecule has 0 spiro atoms. The molecule has 0 bridgehead atoms. The van der Waals surface area contributed by atoms with Crippen molar-refractivity contribution in [3.8, 4) is 0 Å². The van der Waals surface area contributed by atoms with Gasteiger partial charge in [0.05, 0.1) is 11.8 Å². The molecule has 0 aliphatic carbocycles. The first-order valence-corrected chi connectivity index (χ1v) is 10.1. The summed E-state index contributed by atoms with van der Waals surface area (Å²) < 4.78 is 0.752. The molecule has 4 nitrogen and oxygen atoms in total. The van der Waals surface area contributed by atoms with E-state index in [2.05, 4.69) is 77.3 Å². The molecule has 1 amide bonds. The second-order valence-electron chi connectivity index (χ2n) is 7.66. The van der Waals surface area contributed by atoms with Crippen LogP contribution in [0.5, 0.6) is 0 Å². The van der Waals surface area contributed by atoms with Crippen LogP contribution in [-0.2, 0) is 0 Å². The highest BCUT2D eigenvalue weighted by atomic mass is 79.9. The summed E-state index contributed by atoms with van der Waals surface area (Å²) in [5.74, 6) is 0.255. The maximum Gasteiger partial charge on any atom is 0.272 e. The molecule has 27 heavy (non-hydrogen) atoms. The molecular weight excluding hydrogens is 402 g/mol. The Morgan fingerprint density at radius 2 is 2.07 bits per heavy atom. The van der Waals surface area contributed by atoms with Crippen molar-refractivity contribution in [2.24, 2.45) is 5.10 Å². The lowest BCUT2D eigenvalue weighted by Crippen LogP contribution is -2.48. The van der Waals surface area contributed by atoms with Crippen LogP contribution in [0.3, 0.4) is 0 Å². The highest BCUT2D eigenvalue weighted by Crippen LogP contribution is 2.43. The Bertz CT molecular complexity index is 876. The summed E-state index contributed by atoms with van der Waals surface area (Å²) in [6.45, 7) is 10.1. The predicted octanol–water partition coefficient (Wildman–Crippen LogP) is 5.33. The van der Waals surface area contributed by atoms with Gasteiger partial charge in [-0.1, -0.05) is 25.1 Å². The molecule has 142 valence electrons. The predicted molar refractivity (Wildman–Crippen MR) is 116 cm³/mol. The van der Waals surface area contributed by atoms with E-state index in [-0.39, 0.29) is 11.4 Å². The number of hydrogen-bond acceptors (Lipinski definition) is 3. The minimum Gasteiger partial charge on any atom is -0.366 e. The Hall–Kier alpha value is -2.14. The Morgan fingerprint density at radius 3 is 2.78 bits per heavy atom. The lowest BCUT2D eigenvalue weighted by Gasteiger charge is -2.47. The molecule has 2 aromatic rings. The third-order valence-corrected chi connectivity index (χ3v) is 5.92. The Balaban J connectivity index is 1.78. The fourth-order valence-electron chi connectivity index (χ4n) is 4.06. The molecule has 0 radical (unpaired) electrons. The van der Waals surface area contributed by atoms with E-state index < -0.39 is 0 Å². The molecule has 3 rings (SSSR count). The molecule has 1 heterocycles. The summed E-state index contributed by atoms with van der Waals surface area (Å²) in [5, 5.41) is 4.14. The van der Waals surface area contributed by atoms with Gasteiger partial charge in [-0.3, -0.25) is 4.79 Å². The number of halogens is 1. The fourth-order valence-corrected chi connectivity index (χ4v) is 4.52. The van der Waals surface area contributed by atoms with Crippen LogP contribution in [0.15, 0.2) is 52.0 Å². The molecule has 0 aromatic heterocycles. The van der Waals surface area contributed by atoms with Gasteiger partial charge in [0.15, 0.2) is 0 Å². The number of carbonyl (C=O) groups excluding carboxylic acids is 1. The zero-order valence-corrected chi connectivity index (χ0v) is 17.9. The molecule has 2 aromatic carbocycles. The van der Waals surface area contributed by atoms with Gasteiger partial charge in [-0.15, -0.1) is 0 Å². The first-order valence-electron chi connectivity index (χ1n) is 9.33. The van der Waals surface area contributed by atoms with Gasteiger partial charge in [0, 0.05) is 22.2 Å². The maximum atomic E-state index is 12.2. The number of hydrazone groups is 1. The van der Waals surface area contributed by atoms with Gasteiger partial charge < -0.3 is 4.90 Å². The number of fused-ring (bicyclic) bond motifs is 1. The summed E-state index contributed by atoms with van der Waals surface area (Å²) in [5.41, 5.74) is 6.96. The third-order valence-electron chi connectivity index (χ3n) is 5.22. The van der Waals surface area contributed by atoms with E-state index in [1.165, 1.54) is 11.3 Å². The Kier molecular flexibility index (Phi) is 5.70. The van der Waals surface area contributed by atoms with Crippen molar-refractivity contribution in [1.82, 2.24) is 5.43 Å². The van der Waals surface area contributed by atoms with Gasteiger partial charge in [0.2, 0.25) is 0 Å². The van der Waals surface area contributed by atoms with Crippen molar-refractivity contribution in [2.75, 3.05) is 11.4 Å². The van der Waals surface area contributed by atoms with Crippen LogP contribution in [0.4, 0.5) is 5.69 Å². The molecular formula is C22H26BrN3O. The van der Waals surface area contributed by atoms with Crippen molar-refractivity contribution in [1.29, 1.82) is 0 Å². The van der Waals surface area contributed by atoms with Crippen LogP contribution in [0.25, 0.3) is 0 Å². The topological polar surface area (TPSA) is 44.7 Å². The number of nitrogens with zero attached hydrogens (tertiary/aromatic N) is 2. The normalized spacial score (nSPS) is 18.4. The van der Waals surface area contributed by atoms with Crippen LogP contribution in [-0.4, -0.2) is 24.2 Å². The van der Waals surface area contributed by atoms with Crippen molar-refractivity contribution < 1.29 is 4.79 Å². The summed E-state index contributed by atoms with van der Waals surface area (Å²) in [4.78, 5) is 14.7. The molecule has 1 N–H and O–H groups in total. The monoisotopic (exact) mass is 427 g/mol. The zero-order valence-electron chi connectivity index (χ0n) is 16.3. The number of rotatable bonds is 4. The van der Waals surface area contributed by atoms with Crippen LogP contribution in [0.2, 0.25) is 0 Å². The molecule has 1 aliphatic heterocycles. The quantitative estimate of drug-likeness (QED) is 0.529. The largest absolute Gasteiger partial charge is 0.366 e. The van der Waals surface area contributed by atoms with Gasteiger partial charge >= 0.3 is 0 Å². The summed E-state index contributed by atoms with van der Waals surface area (Å²) in [7, 11) is 0.